The zero-order valence-corrected chi connectivity index (χ0v) is 22.4. The molecule has 2 heterocycles. The van der Waals surface area contributed by atoms with E-state index < -0.39 is 56.4 Å². The SMILES string of the molecule is C=C(C(N)=O)c1ccc(S(=O)(=O)N2CCOC(C)(C)C2)c(-n2cnc(-c3cc(C(F)(F)F)cc(C(F)(F)F)c3)n2)c1. The van der Waals surface area contributed by atoms with Gasteiger partial charge < -0.3 is 10.5 Å². The molecule has 4 rings (SSSR count). The molecule has 16 heteroatoms. The predicted octanol–water partition coefficient (Wildman–Crippen LogP) is 4.27. The molecule has 1 fully saturated rings. The van der Waals surface area contributed by atoms with Gasteiger partial charge in [0.15, 0.2) is 5.82 Å². The first kappa shape index (κ1) is 30.2. The number of sulfonamides is 1. The van der Waals surface area contributed by atoms with Crippen molar-refractivity contribution in [3.8, 4) is 17.1 Å². The van der Waals surface area contributed by atoms with Crippen LogP contribution in [0.25, 0.3) is 22.6 Å². The lowest BCUT2D eigenvalue weighted by Crippen LogP contribution is -2.50. The number of carbonyl (C=O) groups excluding carboxylic acids is 1. The van der Waals surface area contributed by atoms with Crippen LogP contribution in [-0.4, -0.2) is 58.7 Å². The highest BCUT2D eigenvalue weighted by Gasteiger charge is 2.38. The van der Waals surface area contributed by atoms with Gasteiger partial charge >= 0.3 is 12.4 Å². The van der Waals surface area contributed by atoms with Crippen LogP contribution in [0.3, 0.4) is 0 Å². The lowest BCUT2D eigenvalue weighted by atomic mass is 10.0. The summed E-state index contributed by atoms with van der Waals surface area (Å²) in [6.07, 6.45) is -9.28. The fourth-order valence-corrected chi connectivity index (χ4v) is 5.89. The second-order valence-corrected chi connectivity index (χ2v) is 11.7. The van der Waals surface area contributed by atoms with E-state index in [0.29, 0.717) is 12.1 Å². The number of amides is 1. The van der Waals surface area contributed by atoms with Gasteiger partial charge in [-0.05, 0) is 49.7 Å². The third-order valence-corrected chi connectivity index (χ3v) is 8.09. The maximum Gasteiger partial charge on any atom is 0.416 e. The zero-order valence-electron chi connectivity index (χ0n) is 21.5. The average molecular weight is 604 g/mol. The summed E-state index contributed by atoms with van der Waals surface area (Å²) in [4.78, 5) is 15.3. The summed E-state index contributed by atoms with van der Waals surface area (Å²) in [7, 11) is -4.26. The minimum atomic E-state index is -5.10. The number of alkyl halides is 6. The van der Waals surface area contributed by atoms with E-state index in [1.165, 1.54) is 18.2 Å². The van der Waals surface area contributed by atoms with Crippen molar-refractivity contribution in [1.82, 2.24) is 19.1 Å². The minimum Gasteiger partial charge on any atom is -0.373 e. The van der Waals surface area contributed by atoms with Crippen LogP contribution in [0, 0.1) is 0 Å². The molecule has 9 nitrogen and oxygen atoms in total. The number of halogens is 6. The summed E-state index contributed by atoms with van der Waals surface area (Å²) in [6.45, 7) is 7.06. The second kappa shape index (κ2) is 10.3. The molecule has 0 unspecified atom stereocenters. The molecule has 1 amide bonds. The number of primary amides is 1. The molecule has 220 valence electrons. The van der Waals surface area contributed by atoms with E-state index in [0.717, 1.165) is 15.3 Å². The second-order valence-electron chi connectivity index (χ2n) is 9.78. The Morgan fingerprint density at radius 3 is 2.20 bits per heavy atom. The van der Waals surface area contributed by atoms with E-state index in [1.807, 2.05) is 0 Å². The van der Waals surface area contributed by atoms with Gasteiger partial charge in [-0.1, -0.05) is 12.6 Å². The van der Waals surface area contributed by atoms with Gasteiger partial charge in [-0.3, -0.25) is 4.79 Å². The van der Waals surface area contributed by atoms with E-state index in [9.17, 15) is 39.6 Å². The number of ether oxygens (including phenoxy) is 1. The van der Waals surface area contributed by atoms with E-state index >= 15 is 0 Å². The number of morpholine rings is 1. The van der Waals surface area contributed by atoms with Gasteiger partial charge in [0.25, 0.3) is 0 Å². The first-order valence-electron chi connectivity index (χ1n) is 11.8. The molecule has 0 saturated carbocycles. The van der Waals surface area contributed by atoms with Gasteiger partial charge in [0, 0.05) is 24.2 Å². The van der Waals surface area contributed by atoms with Gasteiger partial charge in [0.05, 0.1) is 29.0 Å². The largest absolute Gasteiger partial charge is 0.416 e. The first-order valence-corrected chi connectivity index (χ1v) is 13.2. The van der Waals surface area contributed by atoms with E-state index in [-0.39, 0.29) is 47.5 Å². The van der Waals surface area contributed by atoms with Crippen molar-refractivity contribution in [3.05, 3.63) is 66.0 Å². The van der Waals surface area contributed by atoms with Gasteiger partial charge in [-0.15, -0.1) is 5.10 Å². The number of nitrogens with zero attached hydrogens (tertiary/aromatic N) is 4. The monoisotopic (exact) mass is 603 g/mol. The quantitative estimate of drug-likeness (QED) is 0.332. The molecule has 0 aliphatic carbocycles. The van der Waals surface area contributed by atoms with Crippen molar-refractivity contribution in [3.63, 3.8) is 0 Å². The number of aromatic nitrogens is 3. The Morgan fingerprint density at radius 2 is 1.66 bits per heavy atom. The Hall–Kier alpha value is -3.76. The van der Waals surface area contributed by atoms with E-state index in [1.54, 1.807) is 13.8 Å². The van der Waals surface area contributed by atoms with Crippen LogP contribution in [0.15, 0.2) is 54.2 Å². The third kappa shape index (κ3) is 6.28. The zero-order chi connectivity index (χ0) is 30.5. The fourth-order valence-electron chi connectivity index (χ4n) is 4.16. The van der Waals surface area contributed by atoms with Crippen molar-refractivity contribution >= 4 is 21.5 Å². The lowest BCUT2D eigenvalue weighted by molar-refractivity contribution is -0.143. The van der Waals surface area contributed by atoms with Gasteiger partial charge in [0.1, 0.15) is 11.2 Å². The van der Waals surface area contributed by atoms with E-state index in [2.05, 4.69) is 16.7 Å². The smallest absolute Gasteiger partial charge is 0.373 e. The minimum absolute atomic E-state index is 0.00795. The Balaban J connectivity index is 1.88. The molecule has 0 radical (unpaired) electrons. The fraction of sp³-hybridized carbons (Fsp3) is 0.320. The molecule has 1 aromatic heterocycles. The Kier molecular flexibility index (Phi) is 7.56. The van der Waals surface area contributed by atoms with Crippen LogP contribution in [0.2, 0.25) is 0 Å². The number of hydrogen-bond donors (Lipinski definition) is 1. The molecule has 1 aliphatic heterocycles. The van der Waals surface area contributed by atoms with Gasteiger partial charge in [-0.25, -0.2) is 18.1 Å². The number of carbonyl (C=O) groups is 1. The maximum atomic E-state index is 13.7. The number of rotatable bonds is 6. The molecular formula is C25H23F6N5O4S. The van der Waals surface area contributed by atoms with Gasteiger partial charge in [0.2, 0.25) is 15.9 Å². The van der Waals surface area contributed by atoms with Crippen LogP contribution in [0.1, 0.15) is 30.5 Å². The molecule has 0 spiro atoms. The van der Waals surface area contributed by atoms with Crippen LogP contribution in [-0.2, 0) is 31.9 Å². The summed E-state index contributed by atoms with van der Waals surface area (Å²) in [5, 5.41) is 4.01. The van der Waals surface area contributed by atoms with Crippen molar-refractivity contribution in [2.24, 2.45) is 5.73 Å². The van der Waals surface area contributed by atoms with Crippen molar-refractivity contribution < 1.29 is 44.3 Å². The molecule has 1 aliphatic rings. The Morgan fingerprint density at radius 1 is 1.05 bits per heavy atom. The van der Waals surface area contributed by atoms with Crippen molar-refractivity contribution in [2.75, 3.05) is 19.7 Å². The van der Waals surface area contributed by atoms with Crippen LogP contribution >= 0.6 is 0 Å². The number of nitrogens with two attached hydrogens (primary N) is 1. The lowest BCUT2D eigenvalue weighted by Gasteiger charge is -2.37. The molecule has 2 aromatic carbocycles. The molecule has 0 atom stereocenters. The first-order chi connectivity index (χ1) is 18.8. The highest BCUT2D eigenvalue weighted by Crippen LogP contribution is 2.38. The Bertz CT molecular complexity index is 1600. The van der Waals surface area contributed by atoms with Crippen molar-refractivity contribution in [2.45, 2.75) is 36.7 Å². The topological polar surface area (TPSA) is 120 Å². The third-order valence-electron chi connectivity index (χ3n) is 6.20. The molecule has 2 N–H and O–H groups in total. The molecule has 3 aromatic rings. The summed E-state index contributed by atoms with van der Waals surface area (Å²) < 4.78 is 115. The van der Waals surface area contributed by atoms with Gasteiger partial charge in [-0.2, -0.15) is 30.6 Å². The predicted molar refractivity (Wildman–Crippen MR) is 134 cm³/mol. The normalized spacial score (nSPS) is 16.5. The van der Waals surface area contributed by atoms with E-state index in [4.69, 9.17) is 10.5 Å². The highest BCUT2D eigenvalue weighted by molar-refractivity contribution is 7.89. The Labute approximate surface area is 230 Å². The van der Waals surface area contributed by atoms with Crippen LogP contribution in [0.4, 0.5) is 26.3 Å². The summed E-state index contributed by atoms with van der Waals surface area (Å²) in [5.74, 6) is -1.46. The van der Waals surface area contributed by atoms with Crippen LogP contribution in [0.5, 0.6) is 0 Å². The van der Waals surface area contributed by atoms with Crippen LogP contribution < -0.4 is 5.73 Å². The summed E-state index contributed by atoms with van der Waals surface area (Å²) in [5.41, 5.74) is 0.460. The molecule has 0 bridgehead atoms. The molecule has 1 saturated heterocycles. The standard InChI is InChI=1S/C25H23F6N5O4S/c1-14(21(32)37)15-4-5-20(41(38,39)35-6-7-40-23(2,3)12-35)19(10-15)36-13-33-22(34-36)16-8-17(24(26,27)28)11-18(9-16)25(29,30)31/h4-5,8-11,13H,1,6-7,12H2,2-3H3,(H2,32,37). The maximum absolute atomic E-state index is 13.7. The summed E-state index contributed by atoms with van der Waals surface area (Å²) >= 11 is 0. The highest BCUT2D eigenvalue weighted by atomic mass is 32.2. The molecular weight excluding hydrogens is 580 g/mol. The van der Waals surface area contributed by atoms with Crippen molar-refractivity contribution in [1.29, 1.82) is 0 Å². The number of benzene rings is 2. The summed E-state index contributed by atoms with van der Waals surface area (Å²) in [6, 6.07) is 4.53. The average Bonchev–Trinajstić information content (AvgIpc) is 3.36. The molecule has 41 heavy (non-hydrogen) atoms. The number of hydrogen-bond acceptors (Lipinski definition) is 6.